The van der Waals surface area contributed by atoms with Gasteiger partial charge in [-0.1, -0.05) is 18.2 Å². The molecule has 1 saturated heterocycles. The van der Waals surface area contributed by atoms with Gasteiger partial charge in [-0.3, -0.25) is 0 Å². The van der Waals surface area contributed by atoms with E-state index < -0.39 is 30.7 Å². The topological polar surface area (TPSA) is 97.6 Å². The van der Waals surface area contributed by atoms with E-state index in [4.69, 9.17) is 18.9 Å². The summed E-state index contributed by atoms with van der Waals surface area (Å²) < 4.78 is 22.4. The summed E-state index contributed by atoms with van der Waals surface area (Å²) in [7, 11) is 1.41. The van der Waals surface area contributed by atoms with Crippen molar-refractivity contribution in [1.29, 1.82) is 0 Å². The zero-order chi connectivity index (χ0) is 21.5. The van der Waals surface area contributed by atoms with Gasteiger partial charge in [-0.05, 0) is 65.6 Å². The largest absolute Gasteiger partial charge is 0.486 e. The van der Waals surface area contributed by atoms with E-state index in [1.165, 1.54) is 23.8 Å². The van der Waals surface area contributed by atoms with Gasteiger partial charge in [0.15, 0.2) is 17.8 Å². The van der Waals surface area contributed by atoms with Crippen LogP contribution in [-0.2, 0) is 28.7 Å². The van der Waals surface area contributed by atoms with Gasteiger partial charge in [0.1, 0.15) is 37.6 Å². The lowest BCUT2D eigenvalue weighted by atomic mass is 9.88. The molecule has 5 atom stereocenters. The molecule has 3 N–H and O–H groups in total. The molecular weight excluding hydrogens is 400 g/mol. The molecule has 166 valence electrons. The number of fused-ring (bicyclic) bond motifs is 2. The summed E-state index contributed by atoms with van der Waals surface area (Å²) in [6.07, 6.45) is -1.89. The lowest BCUT2D eigenvalue weighted by Crippen LogP contribution is -2.54. The lowest BCUT2D eigenvalue weighted by molar-refractivity contribution is -0.292. The summed E-state index contributed by atoms with van der Waals surface area (Å²) in [5.41, 5.74) is 5.66. The second kappa shape index (κ2) is 8.41. The number of methoxy groups -OCH3 is 1. The minimum Gasteiger partial charge on any atom is -0.486 e. The highest BCUT2D eigenvalue weighted by Crippen LogP contribution is 2.38. The van der Waals surface area contributed by atoms with E-state index in [0.717, 1.165) is 41.9 Å². The zero-order valence-corrected chi connectivity index (χ0v) is 17.5. The van der Waals surface area contributed by atoms with E-state index in [1.807, 2.05) is 18.2 Å². The Labute approximate surface area is 181 Å². The molecule has 0 radical (unpaired) electrons. The van der Waals surface area contributed by atoms with Gasteiger partial charge in [-0.25, -0.2) is 0 Å². The van der Waals surface area contributed by atoms with Gasteiger partial charge in [0.05, 0.1) is 0 Å². The summed E-state index contributed by atoms with van der Waals surface area (Å²) in [4.78, 5) is 0. The van der Waals surface area contributed by atoms with Crippen molar-refractivity contribution >= 4 is 0 Å². The van der Waals surface area contributed by atoms with Crippen LogP contribution in [0, 0.1) is 0 Å². The molecule has 31 heavy (non-hydrogen) atoms. The molecule has 0 saturated carbocycles. The van der Waals surface area contributed by atoms with Crippen molar-refractivity contribution in [2.45, 2.75) is 56.4 Å². The van der Waals surface area contributed by atoms with Gasteiger partial charge in [0.25, 0.3) is 0 Å². The number of rotatable bonds is 4. The Kier molecular flexibility index (Phi) is 5.62. The van der Waals surface area contributed by atoms with Crippen LogP contribution in [0.3, 0.4) is 0 Å². The van der Waals surface area contributed by atoms with Crippen molar-refractivity contribution in [1.82, 2.24) is 0 Å². The molecule has 2 aromatic rings. The molecule has 5 rings (SSSR count). The Hall–Kier alpha value is -2.16. The molecule has 2 aromatic carbocycles. The fourth-order valence-electron chi connectivity index (χ4n) is 4.88. The number of ether oxygens (including phenoxy) is 4. The summed E-state index contributed by atoms with van der Waals surface area (Å²) >= 11 is 0. The van der Waals surface area contributed by atoms with Crippen molar-refractivity contribution in [3.05, 3.63) is 58.1 Å². The first kappa shape index (κ1) is 20.7. The maximum absolute atomic E-state index is 10.6. The molecule has 0 bridgehead atoms. The Balaban J connectivity index is 1.48. The molecule has 1 fully saturated rings. The molecule has 1 aliphatic carbocycles. The van der Waals surface area contributed by atoms with Crippen LogP contribution in [0.25, 0.3) is 0 Å². The van der Waals surface area contributed by atoms with E-state index in [-0.39, 0.29) is 0 Å². The minimum atomic E-state index is -1.35. The Morgan fingerprint density at radius 3 is 2.55 bits per heavy atom. The highest BCUT2D eigenvalue weighted by molar-refractivity contribution is 5.48. The summed E-state index contributed by atoms with van der Waals surface area (Å²) in [5, 5.41) is 31.0. The third-order valence-corrected chi connectivity index (χ3v) is 6.46. The van der Waals surface area contributed by atoms with Gasteiger partial charge < -0.3 is 34.3 Å². The van der Waals surface area contributed by atoms with Crippen molar-refractivity contribution in [3.8, 4) is 11.5 Å². The Morgan fingerprint density at radius 1 is 0.935 bits per heavy atom. The average Bonchev–Trinajstić information content (AvgIpc) is 3.27. The zero-order valence-electron chi connectivity index (χ0n) is 17.5. The molecule has 0 aromatic heterocycles. The van der Waals surface area contributed by atoms with E-state index in [1.54, 1.807) is 0 Å². The number of hydrogen-bond acceptors (Lipinski definition) is 7. The quantitative estimate of drug-likeness (QED) is 0.681. The highest BCUT2D eigenvalue weighted by Gasteiger charge is 2.44. The molecule has 2 heterocycles. The van der Waals surface area contributed by atoms with Crippen LogP contribution in [0.5, 0.6) is 11.5 Å². The van der Waals surface area contributed by atoms with Crippen molar-refractivity contribution in [2.75, 3.05) is 20.3 Å². The van der Waals surface area contributed by atoms with Crippen LogP contribution in [0.2, 0.25) is 0 Å². The molecule has 7 nitrogen and oxygen atoms in total. The summed E-state index contributed by atoms with van der Waals surface area (Å²) in [6.45, 7) is 1.11. The van der Waals surface area contributed by atoms with Gasteiger partial charge in [-0.15, -0.1) is 0 Å². The third kappa shape index (κ3) is 3.81. The van der Waals surface area contributed by atoms with Crippen molar-refractivity contribution in [2.24, 2.45) is 0 Å². The number of aryl methyl sites for hydroxylation is 1. The maximum Gasteiger partial charge on any atom is 0.186 e. The first-order valence-electron chi connectivity index (χ1n) is 10.8. The summed E-state index contributed by atoms with van der Waals surface area (Å²) in [6, 6.07) is 10.1. The number of hydrogen-bond donors (Lipinski definition) is 3. The van der Waals surface area contributed by atoms with Crippen LogP contribution in [-0.4, -0.2) is 60.2 Å². The van der Waals surface area contributed by atoms with Gasteiger partial charge >= 0.3 is 0 Å². The number of aliphatic hydroxyl groups excluding tert-OH is 3. The van der Waals surface area contributed by atoms with Crippen LogP contribution in [0.1, 0.15) is 40.3 Å². The minimum absolute atomic E-state index is 0.549. The van der Waals surface area contributed by atoms with Gasteiger partial charge in [0, 0.05) is 7.11 Å². The first-order chi connectivity index (χ1) is 15.0. The molecule has 0 unspecified atom stereocenters. The SMILES string of the molecule is CO[C@H]1O[C@@H](c2cc3c(c(Cc4ccc5c(c4)OCCO5)c2)CCC3)[C@H](O)[C@@H](O)[C@@H]1O. The Bertz CT molecular complexity index is 957. The van der Waals surface area contributed by atoms with Crippen LogP contribution in [0.15, 0.2) is 30.3 Å². The van der Waals surface area contributed by atoms with Crippen LogP contribution in [0.4, 0.5) is 0 Å². The summed E-state index contributed by atoms with van der Waals surface area (Å²) in [5.74, 6) is 1.54. The predicted octanol–water partition coefficient (Wildman–Crippen LogP) is 1.66. The van der Waals surface area contributed by atoms with Crippen molar-refractivity contribution < 1.29 is 34.3 Å². The smallest absolute Gasteiger partial charge is 0.186 e. The lowest BCUT2D eigenvalue weighted by Gasteiger charge is -2.40. The number of aliphatic hydroxyl groups is 3. The third-order valence-electron chi connectivity index (χ3n) is 6.46. The maximum atomic E-state index is 10.6. The Morgan fingerprint density at radius 2 is 1.74 bits per heavy atom. The van der Waals surface area contributed by atoms with E-state index in [9.17, 15) is 15.3 Å². The fourth-order valence-corrected chi connectivity index (χ4v) is 4.88. The van der Waals surface area contributed by atoms with E-state index in [2.05, 4.69) is 12.1 Å². The molecular formula is C24H28O7. The second-order valence-corrected chi connectivity index (χ2v) is 8.46. The first-order valence-corrected chi connectivity index (χ1v) is 10.8. The fraction of sp³-hybridized carbons (Fsp3) is 0.500. The molecule has 7 heteroatoms. The second-order valence-electron chi connectivity index (χ2n) is 8.46. The predicted molar refractivity (Wildman–Crippen MR) is 111 cm³/mol. The average molecular weight is 428 g/mol. The molecule has 3 aliphatic rings. The highest BCUT2D eigenvalue weighted by atomic mass is 16.7. The molecule has 0 amide bonds. The number of benzene rings is 2. The van der Waals surface area contributed by atoms with E-state index >= 15 is 0 Å². The van der Waals surface area contributed by atoms with Crippen LogP contribution < -0.4 is 9.47 Å². The molecule has 2 aliphatic heterocycles. The van der Waals surface area contributed by atoms with Crippen LogP contribution >= 0.6 is 0 Å². The molecule has 0 spiro atoms. The van der Waals surface area contributed by atoms with E-state index in [0.29, 0.717) is 19.6 Å². The normalized spacial score (nSPS) is 29.6. The monoisotopic (exact) mass is 428 g/mol. The van der Waals surface area contributed by atoms with Gasteiger partial charge in [0.2, 0.25) is 0 Å². The van der Waals surface area contributed by atoms with Crippen molar-refractivity contribution in [3.63, 3.8) is 0 Å². The van der Waals surface area contributed by atoms with Gasteiger partial charge in [-0.2, -0.15) is 0 Å². The standard InChI is InChI=1S/C24H28O7/c1-28-24-22(27)20(25)21(26)23(31-24)16-11-14-3-2-4-17(14)15(12-16)9-13-5-6-18-19(10-13)30-8-7-29-18/h5-6,10-12,20-27H,2-4,7-9H2,1H3/t20-,21-,22+,23+,24+/m1/s1.